The molecule has 0 saturated carbocycles. The first kappa shape index (κ1) is 16.7. The predicted octanol–water partition coefficient (Wildman–Crippen LogP) is 2.50. The van der Waals surface area contributed by atoms with E-state index < -0.39 is 18.0 Å². The SMILES string of the molecule is CSc1ccc(O[C@H](C)C(=O)N2CCC[C@@H](C(=O)O)C2)cc1. The molecule has 22 heavy (non-hydrogen) atoms. The maximum atomic E-state index is 12.4. The zero-order chi connectivity index (χ0) is 16.1. The third-order valence-corrected chi connectivity index (χ3v) is 4.55. The second kappa shape index (κ2) is 7.54. The summed E-state index contributed by atoms with van der Waals surface area (Å²) in [4.78, 5) is 26.2. The van der Waals surface area contributed by atoms with E-state index in [4.69, 9.17) is 9.84 Å². The summed E-state index contributed by atoms with van der Waals surface area (Å²) in [6, 6.07) is 7.56. The Hall–Kier alpha value is -1.69. The molecule has 0 spiro atoms. The maximum absolute atomic E-state index is 12.4. The Morgan fingerprint density at radius 3 is 2.64 bits per heavy atom. The van der Waals surface area contributed by atoms with Crippen LogP contribution in [-0.4, -0.2) is 47.3 Å². The monoisotopic (exact) mass is 323 g/mol. The van der Waals surface area contributed by atoms with Crippen molar-refractivity contribution in [1.82, 2.24) is 4.90 Å². The molecule has 1 aliphatic rings. The fraction of sp³-hybridized carbons (Fsp3) is 0.500. The first-order chi connectivity index (χ1) is 10.5. The van der Waals surface area contributed by atoms with Gasteiger partial charge in [-0.05, 0) is 50.3 Å². The maximum Gasteiger partial charge on any atom is 0.308 e. The van der Waals surface area contributed by atoms with Gasteiger partial charge in [0.05, 0.1) is 5.92 Å². The quantitative estimate of drug-likeness (QED) is 0.843. The normalized spacial score (nSPS) is 19.5. The molecule has 0 radical (unpaired) electrons. The third-order valence-electron chi connectivity index (χ3n) is 3.80. The lowest BCUT2D eigenvalue weighted by Crippen LogP contribution is -2.47. The van der Waals surface area contributed by atoms with Gasteiger partial charge >= 0.3 is 5.97 Å². The van der Waals surface area contributed by atoms with E-state index in [1.54, 1.807) is 23.6 Å². The Morgan fingerprint density at radius 2 is 2.05 bits per heavy atom. The molecule has 0 bridgehead atoms. The zero-order valence-corrected chi connectivity index (χ0v) is 13.6. The average molecular weight is 323 g/mol. The molecule has 0 unspecified atom stereocenters. The number of ether oxygens (including phenoxy) is 1. The van der Waals surface area contributed by atoms with E-state index in [0.717, 1.165) is 11.3 Å². The van der Waals surface area contributed by atoms with E-state index in [0.29, 0.717) is 18.7 Å². The van der Waals surface area contributed by atoms with E-state index in [1.807, 2.05) is 30.5 Å². The molecule has 1 amide bonds. The number of aliphatic carboxylic acids is 1. The van der Waals surface area contributed by atoms with Gasteiger partial charge in [0.2, 0.25) is 0 Å². The van der Waals surface area contributed by atoms with Crippen molar-refractivity contribution in [3.05, 3.63) is 24.3 Å². The minimum absolute atomic E-state index is 0.153. The Bertz CT molecular complexity index is 531. The molecule has 1 fully saturated rings. The number of likely N-dealkylation sites (tertiary alicyclic amines) is 1. The number of nitrogens with zero attached hydrogens (tertiary/aromatic N) is 1. The fourth-order valence-corrected chi connectivity index (χ4v) is 2.95. The summed E-state index contributed by atoms with van der Waals surface area (Å²) in [6.07, 6.45) is 2.73. The molecule has 1 saturated heterocycles. The van der Waals surface area contributed by atoms with Gasteiger partial charge in [0, 0.05) is 18.0 Å². The second-order valence-corrected chi connectivity index (χ2v) is 6.28. The van der Waals surface area contributed by atoms with Crippen LogP contribution in [0.2, 0.25) is 0 Å². The molecule has 6 heteroatoms. The number of thioether (sulfide) groups is 1. The van der Waals surface area contributed by atoms with Crippen molar-refractivity contribution < 1.29 is 19.4 Å². The van der Waals surface area contributed by atoms with Gasteiger partial charge in [-0.1, -0.05) is 0 Å². The zero-order valence-electron chi connectivity index (χ0n) is 12.8. The summed E-state index contributed by atoms with van der Waals surface area (Å²) >= 11 is 1.64. The standard InChI is InChI=1S/C16H21NO4S/c1-11(21-13-5-7-14(22-2)8-6-13)15(18)17-9-3-4-12(10-17)16(19)20/h5-8,11-12H,3-4,9-10H2,1-2H3,(H,19,20)/t11-,12-/m1/s1. The van der Waals surface area contributed by atoms with Crippen LogP contribution in [0.3, 0.4) is 0 Å². The summed E-state index contributed by atoms with van der Waals surface area (Å²) in [5.41, 5.74) is 0. The minimum atomic E-state index is -0.835. The molecular formula is C16H21NO4S. The number of hydrogen-bond donors (Lipinski definition) is 1. The van der Waals surface area contributed by atoms with Gasteiger partial charge in [-0.3, -0.25) is 9.59 Å². The van der Waals surface area contributed by atoms with E-state index in [9.17, 15) is 9.59 Å². The number of benzene rings is 1. The van der Waals surface area contributed by atoms with Gasteiger partial charge in [0.25, 0.3) is 5.91 Å². The smallest absolute Gasteiger partial charge is 0.308 e. The van der Waals surface area contributed by atoms with Gasteiger partial charge in [-0.15, -0.1) is 11.8 Å². The van der Waals surface area contributed by atoms with Crippen LogP contribution in [-0.2, 0) is 9.59 Å². The molecule has 1 N–H and O–H groups in total. The molecule has 1 aromatic rings. The molecule has 5 nitrogen and oxygen atoms in total. The highest BCUT2D eigenvalue weighted by Gasteiger charge is 2.30. The van der Waals surface area contributed by atoms with Crippen LogP contribution in [0.1, 0.15) is 19.8 Å². The molecule has 2 rings (SSSR count). The molecule has 2 atom stereocenters. The van der Waals surface area contributed by atoms with Gasteiger partial charge in [0.15, 0.2) is 6.10 Å². The lowest BCUT2D eigenvalue weighted by atomic mass is 9.98. The Morgan fingerprint density at radius 1 is 1.36 bits per heavy atom. The first-order valence-corrected chi connectivity index (χ1v) is 8.56. The summed E-state index contributed by atoms with van der Waals surface area (Å²) in [6.45, 7) is 2.57. The summed E-state index contributed by atoms with van der Waals surface area (Å²) in [5.74, 6) is -0.810. The number of rotatable bonds is 5. The Balaban J connectivity index is 1.94. The lowest BCUT2D eigenvalue weighted by Gasteiger charge is -2.32. The van der Waals surface area contributed by atoms with Crippen LogP contribution in [0.5, 0.6) is 5.75 Å². The van der Waals surface area contributed by atoms with Crippen molar-refractivity contribution in [2.24, 2.45) is 5.92 Å². The number of carbonyl (C=O) groups is 2. The number of carboxylic acid groups (broad SMARTS) is 1. The average Bonchev–Trinajstić information content (AvgIpc) is 2.54. The van der Waals surface area contributed by atoms with E-state index >= 15 is 0 Å². The Labute approximate surface area is 134 Å². The van der Waals surface area contributed by atoms with Crippen molar-refractivity contribution >= 4 is 23.6 Å². The molecule has 0 aliphatic carbocycles. The molecule has 1 aliphatic heterocycles. The first-order valence-electron chi connectivity index (χ1n) is 7.33. The van der Waals surface area contributed by atoms with Crippen molar-refractivity contribution in [3.63, 3.8) is 0 Å². The van der Waals surface area contributed by atoms with Crippen LogP contribution < -0.4 is 4.74 Å². The van der Waals surface area contributed by atoms with Crippen molar-refractivity contribution in [3.8, 4) is 5.75 Å². The molecule has 120 valence electrons. The van der Waals surface area contributed by atoms with Crippen LogP contribution >= 0.6 is 11.8 Å². The molecule has 1 aromatic carbocycles. The van der Waals surface area contributed by atoms with E-state index in [1.165, 1.54) is 0 Å². The van der Waals surface area contributed by atoms with Gasteiger partial charge in [0.1, 0.15) is 5.75 Å². The largest absolute Gasteiger partial charge is 0.481 e. The van der Waals surface area contributed by atoms with Crippen molar-refractivity contribution in [2.75, 3.05) is 19.3 Å². The molecular weight excluding hydrogens is 302 g/mol. The summed E-state index contributed by atoms with van der Waals surface area (Å²) < 4.78 is 5.68. The molecule has 0 aromatic heterocycles. The summed E-state index contributed by atoms with van der Waals surface area (Å²) in [7, 11) is 0. The highest BCUT2D eigenvalue weighted by Crippen LogP contribution is 2.21. The third kappa shape index (κ3) is 4.16. The number of piperidine rings is 1. The second-order valence-electron chi connectivity index (χ2n) is 5.40. The summed E-state index contributed by atoms with van der Waals surface area (Å²) in [5, 5.41) is 9.09. The van der Waals surface area contributed by atoms with Crippen molar-refractivity contribution in [2.45, 2.75) is 30.8 Å². The number of amides is 1. The van der Waals surface area contributed by atoms with Crippen LogP contribution in [0.4, 0.5) is 0 Å². The van der Waals surface area contributed by atoms with E-state index in [-0.39, 0.29) is 12.5 Å². The van der Waals surface area contributed by atoms with Gasteiger partial charge in [-0.25, -0.2) is 0 Å². The van der Waals surface area contributed by atoms with Crippen LogP contribution in [0.25, 0.3) is 0 Å². The fourth-order valence-electron chi connectivity index (χ4n) is 2.54. The van der Waals surface area contributed by atoms with Crippen LogP contribution in [0, 0.1) is 5.92 Å². The topological polar surface area (TPSA) is 66.8 Å². The Kier molecular flexibility index (Phi) is 5.71. The lowest BCUT2D eigenvalue weighted by molar-refractivity contribution is -0.147. The van der Waals surface area contributed by atoms with Crippen molar-refractivity contribution in [1.29, 1.82) is 0 Å². The number of carbonyl (C=O) groups excluding carboxylic acids is 1. The highest BCUT2D eigenvalue weighted by atomic mass is 32.2. The van der Waals surface area contributed by atoms with Crippen LogP contribution in [0.15, 0.2) is 29.2 Å². The minimum Gasteiger partial charge on any atom is -0.481 e. The van der Waals surface area contributed by atoms with Gasteiger partial charge < -0.3 is 14.7 Å². The highest BCUT2D eigenvalue weighted by molar-refractivity contribution is 7.98. The number of hydrogen-bond acceptors (Lipinski definition) is 4. The predicted molar refractivity (Wildman–Crippen MR) is 85.3 cm³/mol. The van der Waals surface area contributed by atoms with Gasteiger partial charge in [-0.2, -0.15) is 0 Å². The molecule has 1 heterocycles. The number of carboxylic acids is 1. The van der Waals surface area contributed by atoms with E-state index in [2.05, 4.69) is 0 Å².